The Morgan fingerprint density at radius 2 is 2.33 bits per heavy atom. The van der Waals surface area contributed by atoms with Crippen molar-refractivity contribution in [1.82, 2.24) is 9.55 Å². The zero-order chi connectivity index (χ0) is 8.39. The van der Waals surface area contributed by atoms with E-state index in [2.05, 4.69) is 11.2 Å². The lowest BCUT2D eigenvalue weighted by Crippen LogP contribution is -1.88. The van der Waals surface area contributed by atoms with Crippen LogP contribution in [0.4, 0.5) is 0 Å². The molecule has 2 rings (SSSR count). The van der Waals surface area contributed by atoms with Crippen LogP contribution < -0.4 is 0 Å². The first-order valence-corrected chi connectivity index (χ1v) is 3.90. The normalized spacial score (nSPS) is 10.1. The Kier molecular flexibility index (Phi) is 1.84. The van der Waals surface area contributed by atoms with Gasteiger partial charge in [0.05, 0.1) is 6.33 Å². The maximum absolute atomic E-state index is 5.82. The van der Waals surface area contributed by atoms with Crippen LogP contribution in [0.5, 0.6) is 0 Å². The van der Waals surface area contributed by atoms with Gasteiger partial charge < -0.3 is 4.57 Å². The van der Waals surface area contributed by atoms with Crippen LogP contribution in [0.1, 0.15) is 0 Å². The molecule has 1 aromatic carbocycles. The minimum Gasteiger partial charge on any atom is -0.306 e. The van der Waals surface area contributed by atoms with Gasteiger partial charge in [-0.1, -0.05) is 17.7 Å². The summed E-state index contributed by atoms with van der Waals surface area (Å²) in [5.74, 6) is 0. The third-order valence-corrected chi connectivity index (χ3v) is 1.79. The third kappa shape index (κ3) is 1.34. The minimum absolute atomic E-state index is 0.723. The Morgan fingerprint density at radius 3 is 3.00 bits per heavy atom. The van der Waals surface area contributed by atoms with Gasteiger partial charge in [0.2, 0.25) is 0 Å². The molecule has 59 valence electrons. The van der Waals surface area contributed by atoms with Crippen molar-refractivity contribution in [3.05, 3.63) is 48.0 Å². The summed E-state index contributed by atoms with van der Waals surface area (Å²) in [6, 6.07) is 7.57. The Hall–Kier alpha value is -1.28. The van der Waals surface area contributed by atoms with Crippen molar-refractivity contribution in [2.75, 3.05) is 0 Å². The van der Waals surface area contributed by atoms with Gasteiger partial charge in [0, 0.05) is 16.9 Å². The molecule has 2 nitrogen and oxygen atoms in total. The SMILES string of the molecule is Clc1cccc(-n2c[c]nc2)c1. The lowest BCUT2D eigenvalue weighted by Gasteiger charge is -2.00. The fraction of sp³-hybridized carbons (Fsp3) is 0. The van der Waals surface area contributed by atoms with Gasteiger partial charge in [-0.2, -0.15) is 0 Å². The van der Waals surface area contributed by atoms with Crippen molar-refractivity contribution < 1.29 is 0 Å². The number of hydrogen-bond donors (Lipinski definition) is 0. The fourth-order valence-corrected chi connectivity index (χ4v) is 1.19. The van der Waals surface area contributed by atoms with Gasteiger partial charge in [0.25, 0.3) is 0 Å². The molecule has 0 N–H and O–H groups in total. The van der Waals surface area contributed by atoms with E-state index < -0.39 is 0 Å². The van der Waals surface area contributed by atoms with Crippen LogP contribution >= 0.6 is 11.6 Å². The molecule has 0 aliphatic carbocycles. The molecule has 0 aliphatic heterocycles. The van der Waals surface area contributed by atoms with Crippen LogP contribution in [0.2, 0.25) is 5.02 Å². The smallest absolute Gasteiger partial charge is 0.109 e. The Balaban J connectivity index is 2.48. The number of benzene rings is 1. The molecule has 1 radical (unpaired) electrons. The quantitative estimate of drug-likeness (QED) is 0.654. The summed E-state index contributed by atoms with van der Waals surface area (Å²) in [5.41, 5.74) is 0.997. The number of imidazole rings is 1. The lowest BCUT2D eigenvalue weighted by atomic mass is 10.3. The molecule has 0 atom stereocenters. The van der Waals surface area contributed by atoms with Gasteiger partial charge >= 0.3 is 0 Å². The first-order valence-electron chi connectivity index (χ1n) is 3.52. The second kappa shape index (κ2) is 2.99. The largest absolute Gasteiger partial charge is 0.306 e. The molecule has 2 aromatic rings. The van der Waals surface area contributed by atoms with Crippen LogP contribution in [-0.2, 0) is 0 Å². The molecule has 0 saturated carbocycles. The first kappa shape index (κ1) is 7.37. The standard InChI is InChI=1S/C9H6ClN2/c10-8-2-1-3-9(6-8)12-5-4-11-7-12/h1-3,5-7H. The Bertz CT molecular complexity index is 368. The molecule has 0 saturated heterocycles. The highest BCUT2D eigenvalue weighted by molar-refractivity contribution is 6.30. The number of nitrogens with zero attached hydrogens (tertiary/aromatic N) is 2. The molecule has 0 amide bonds. The first-order chi connectivity index (χ1) is 5.86. The second-order valence-electron chi connectivity index (χ2n) is 2.39. The van der Waals surface area contributed by atoms with E-state index in [4.69, 9.17) is 11.6 Å². The van der Waals surface area contributed by atoms with Gasteiger partial charge in [-0.25, -0.2) is 4.98 Å². The van der Waals surface area contributed by atoms with E-state index in [1.54, 1.807) is 12.5 Å². The summed E-state index contributed by atoms with van der Waals surface area (Å²) >= 11 is 5.82. The van der Waals surface area contributed by atoms with Crippen LogP contribution in [0.25, 0.3) is 5.69 Å². The zero-order valence-electron chi connectivity index (χ0n) is 6.24. The summed E-state index contributed by atoms with van der Waals surface area (Å²) in [5, 5.41) is 0.723. The van der Waals surface area contributed by atoms with Crippen molar-refractivity contribution in [3.8, 4) is 5.69 Å². The fourth-order valence-electron chi connectivity index (χ4n) is 1.00. The summed E-state index contributed by atoms with van der Waals surface area (Å²) in [6.45, 7) is 0. The molecule has 12 heavy (non-hydrogen) atoms. The average Bonchev–Trinajstić information content (AvgIpc) is 2.56. The van der Waals surface area contributed by atoms with E-state index >= 15 is 0 Å². The van der Waals surface area contributed by atoms with Crippen molar-refractivity contribution in [2.24, 2.45) is 0 Å². The van der Waals surface area contributed by atoms with E-state index in [9.17, 15) is 0 Å². The monoisotopic (exact) mass is 177 g/mol. The minimum atomic E-state index is 0.723. The molecule has 1 aromatic heterocycles. The zero-order valence-corrected chi connectivity index (χ0v) is 6.99. The molecule has 3 heteroatoms. The Labute approximate surface area is 75.4 Å². The molecule has 1 heterocycles. The number of aromatic nitrogens is 2. The summed E-state index contributed by atoms with van der Waals surface area (Å²) in [6.07, 6.45) is 6.16. The lowest BCUT2D eigenvalue weighted by molar-refractivity contribution is 1.06. The number of rotatable bonds is 1. The van der Waals surface area contributed by atoms with Gasteiger partial charge in [0.15, 0.2) is 0 Å². The van der Waals surface area contributed by atoms with E-state index in [0.717, 1.165) is 10.7 Å². The topological polar surface area (TPSA) is 17.8 Å². The second-order valence-corrected chi connectivity index (χ2v) is 2.83. The number of hydrogen-bond acceptors (Lipinski definition) is 1. The molecule has 0 fully saturated rings. The summed E-state index contributed by atoms with van der Waals surface area (Å²) in [4.78, 5) is 3.82. The molecule has 0 bridgehead atoms. The summed E-state index contributed by atoms with van der Waals surface area (Å²) in [7, 11) is 0. The molecule has 0 unspecified atom stereocenters. The van der Waals surface area contributed by atoms with Crippen LogP contribution in [0.15, 0.2) is 36.8 Å². The highest BCUT2D eigenvalue weighted by Gasteiger charge is 1.94. The van der Waals surface area contributed by atoms with Gasteiger partial charge in [0.1, 0.15) is 6.20 Å². The maximum Gasteiger partial charge on any atom is 0.109 e. The predicted molar refractivity (Wildman–Crippen MR) is 47.4 cm³/mol. The van der Waals surface area contributed by atoms with Crippen molar-refractivity contribution >= 4 is 11.6 Å². The van der Waals surface area contributed by atoms with E-state index in [1.165, 1.54) is 0 Å². The van der Waals surface area contributed by atoms with Crippen molar-refractivity contribution in [3.63, 3.8) is 0 Å². The van der Waals surface area contributed by atoms with Crippen molar-refractivity contribution in [2.45, 2.75) is 0 Å². The van der Waals surface area contributed by atoms with E-state index in [0.29, 0.717) is 0 Å². The van der Waals surface area contributed by atoms with Crippen LogP contribution in [0, 0.1) is 6.20 Å². The highest BCUT2D eigenvalue weighted by Crippen LogP contribution is 2.13. The number of halogens is 1. The molecular formula is C9H6ClN2. The predicted octanol–water partition coefficient (Wildman–Crippen LogP) is 2.33. The molecule has 0 aliphatic rings. The van der Waals surface area contributed by atoms with Gasteiger partial charge in [-0.05, 0) is 18.2 Å². The van der Waals surface area contributed by atoms with Crippen LogP contribution in [-0.4, -0.2) is 9.55 Å². The highest BCUT2D eigenvalue weighted by atomic mass is 35.5. The summed E-state index contributed by atoms with van der Waals surface area (Å²) < 4.78 is 1.85. The van der Waals surface area contributed by atoms with Gasteiger partial charge in [-0.3, -0.25) is 0 Å². The molecular weight excluding hydrogens is 172 g/mol. The molecule has 0 spiro atoms. The van der Waals surface area contributed by atoms with Gasteiger partial charge in [-0.15, -0.1) is 0 Å². The Morgan fingerprint density at radius 1 is 1.42 bits per heavy atom. The van der Waals surface area contributed by atoms with E-state index in [-0.39, 0.29) is 0 Å². The van der Waals surface area contributed by atoms with E-state index in [1.807, 2.05) is 28.8 Å². The third-order valence-electron chi connectivity index (χ3n) is 1.56. The van der Waals surface area contributed by atoms with Crippen molar-refractivity contribution in [1.29, 1.82) is 0 Å². The maximum atomic E-state index is 5.82. The average molecular weight is 178 g/mol. The van der Waals surface area contributed by atoms with Crippen LogP contribution in [0.3, 0.4) is 0 Å².